The molecule has 0 aliphatic carbocycles. The minimum atomic E-state index is 0.846. The topological polar surface area (TPSA) is 15.7 Å². The van der Waals surface area contributed by atoms with E-state index in [4.69, 9.17) is 4.74 Å². The summed E-state index contributed by atoms with van der Waals surface area (Å²) >= 11 is 0. The first kappa shape index (κ1) is 20.3. The summed E-state index contributed by atoms with van der Waals surface area (Å²) in [6, 6.07) is 8.64. The molecule has 1 fully saturated rings. The van der Waals surface area contributed by atoms with Crippen LogP contribution in [-0.2, 0) is 6.54 Å². The van der Waals surface area contributed by atoms with Crippen molar-refractivity contribution in [3.8, 4) is 5.75 Å². The average molecular weight is 347 g/mol. The van der Waals surface area contributed by atoms with Gasteiger partial charge in [-0.1, -0.05) is 45.2 Å². The fraction of sp³-hybridized carbons (Fsp3) is 0.727. The number of hydrogen-bond donors (Lipinski definition) is 0. The Morgan fingerprint density at radius 1 is 0.880 bits per heavy atom. The molecule has 0 amide bonds. The molecule has 142 valence electrons. The maximum Gasteiger partial charge on any atom is 0.119 e. The van der Waals surface area contributed by atoms with Gasteiger partial charge in [0.2, 0.25) is 0 Å². The van der Waals surface area contributed by atoms with Crippen molar-refractivity contribution < 1.29 is 4.74 Å². The van der Waals surface area contributed by atoms with E-state index in [9.17, 15) is 0 Å². The fourth-order valence-corrected chi connectivity index (χ4v) is 3.56. The van der Waals surface area contributed by atoms with E-state index < -0.39 is 0 Å². The molecule has 2 rings (SSSR count). The summed E-state index contributed by atoms with van der Waals surface area (Å²) in [6.07, 6.45) is 9.38. The third kappa shape index (κ3) is 8.24. The monoisotopic (exact) mass is 346 g/mol. The van der Waals surface area contributed by atoms with E-state index in [-0.39, 0.29) is 0 Å². The second-order valence-electron chi connectivity index (χ2n) is 7.27. The number of likely N-dealkylation sites (tertiary alicyclic amines) is 1. The van der Waals surface area contributed by atoms with E-state index >= 15 is 0 Å². The predicted octanol–water partition coefficient (Wildman–Crippen LogP) is 4.95. The van der Waals surface area contributed by atoms with Gasteiger partial charge >= 0.3 is 0 Å². The van der Waals surface area contributed by atoms with Crippen molar-refractivity contribution in [2.75, 3.05) is 39.3 Å². The van der Waals surface area contributed by atoms with Gasteiger partial charge in [0.25, 0.3) is 0 Å². The Morgan fingerprint density at radius 3 is 2.24 bits per heavy atom. The van der Waals surface area contributed by atoms with Crippen LogP contribution < -0.4 is 4.74 Å². The molecule has 3 nitrogen and oxygen atoms in total. The summed E-state index contributed by atoms with van der Waals surface area (Å²) in [5, 5.41) is 0. The first-order chi connectivity index (χ1) is 12.3. The number of benzene rings is 1. The molecule has 0 radical (unpaired) electrons. The number of nitrogens with zero attached hydrogens (tertiary/aromatic N) is 2. The molecule has 1 heterocycles. The summed E-state index contributed by atoms with van der Waals surface area (Å²) in [6.45, 7) is 12.5. The van der Waals surface area contributed by atoms with Crippen LogP contribution in [0.3, 0.4) is 0 Å². The Hall–Kier alpha value is -1.06. The lowest BCUT2D eigenvalue weighted by Crippen LogP contribution is -2.30. The zero-order valence-electron chi connectivity index (χ0n) is 16.5. The lowest BCUT2D eigenvalue weighted by atomic mass is 10.1. The second kappa shape index (κ2) is 12.3. The van der Waals surface area contributed by atoms with Gasteiger partial charge in [-0.2, -0.15) is 0 Å². The van der Waals surface area contributed by atoms with Crippen molar-refractivity contribution in [1.29, 1.82) is 0 Å². The van der Waals surface area contributed by atoms with Crippen molar-refractivity contribution >= 4 is 0 Å². The third-order valence-electron chi connectivity index (χ3n) is 5.31. The molecule has 0 N–H and O–H groups in total. The third-order valence-corrected chi connectivity index (χ3v) is 5.31. The highest BCUT2D eigenvalue weighted by atomic mass is 16.5. The molecule has 0 saturated carbocycles. The minimum absolute atomic E-state index is 0.846. The highest BCUT2D eigenvalue weighted by Gasteiger charge is 2.08. The number of hydrogen-bond acceptors (Lipinski definition) is 3. The average Bonchev–Trinajstić information content (AvgIpc) is 2.67. The van der Waals surface area contributed by atoms with Crippen LogP contribution >= 0.6 is 0 Å². The summed E-state index contributed by atoms with van der Waals surface area (Å²) in [7, 11) is 0. The minimum Gasteiger partial charge on any atom is -0.494 e. The zero-order chi connectivity index (χ0) is 17.7. The van der Waals surface area contributed by atoms with Crippen LogP contribution in [0, 0.1) is 0 Å². The lowest BCUT2D eigenvalue weighted by molar-refractivity contribution is 0.223. The highest BCUT2D eigenvalue weighted by Crippen LogP contribution is 2.15. The van der Waals surface area contributed by atoms with Crippen LogP contribution in [-0.4, -0.2) is 49.1 Å². The van der Waals surface area contributed by atoms with Crippen molar-refractivity contribution in [1.82, 2.24) is 9.80 Å². The first-order valence-electron chi connectivity index (χ1n) is 10.5. The Bertz CT molecular complexity index is 436. The molecule has 1 aliphatic rings. The predicted molar refractivity (Wildman–Crippen MR) is 107 cm³/mol. The number of rotatable bonds is 12. The Labute approximate surface area is 155 Å². The van der Waals surface area contributed by atoms with Crippen LogP contribution in [0.15, 0.2) is 24.3 Å². The van der Waals surface area contributed by atoms with Crippen molar-refractivity contribution in [2.45, 2.75) is 65.3 Å². The largest absolute Gasteiger partial charge is 0.494 e. The summed E-state index contributed by atoms with van der Waals surface area (Å²) in [5.41, 5.74) is 1.37. The Balaban J connectivity index is 1.51. The van der Waals surface area contributed by atoms with Gasteiger partial charge in [0, 0.05) is 6.54 Å². The number of piperidine rings is 1. The van der Waals surface area contributed by atoms with Gasteiger partial charge in [-0.05, 0) is 76.1 Å². The summed E-state index contributed by atoms with van der Waals surface area (Å²) in [5.74, 6) is 1.01. The van der Waals surface area contributed by atoms with Crippen molar-refractivity contribution in [2.24, 2.45) is 0 Å². The van der Waals surface area contributed by atoms with Gasteiger partial charge in [-0.3, -0.25) is 4.90 Å². The van der Waals surface area contributed by atoms with Gasteiger partial charge in [-0.25, -0.2) is 0 Å². The van der Waals surface area contributed by atoms with E-state index in [2.05, 4.69) is 47.9 Å². The lowest BCUT2D eigenvalue weighted by Gasteiger charge is -2.26. The second-order valence-corrected chi connectivity index (χ2v) is 7.27. The molecule has 0 spiro atoms. The van der Waals surface area contributed by atoms with Crippen LogP contribution in [0.4, 0.5) is 0 Å². The van der Waals surface area contributed by atoms with Crippen LogP contribution in [0.1, 0.15) is 64.4 Å². The van der Waals surface area contributed by atoms with Crippen molar-refractivity contribution in [3.05, 3.63) is 29.8 Å². The maximum absolute atomic E-state index is 5.89. The molecule has 1 aromatic carbocycles. The molecule has 0 atom stereocenters. The molecule has 25 heavy (non-hydrogen) atoms. The molecular formula is C22H38N2O. The van der Waals surface area contributed by atoms with E-state index in [0.717, 1.165) is 32.0 Å². The van der Waals surface area contributed by atoms with Crippen LogP contribution in [0.5, 0.6) is 5.75 Å². The number of ether oxygens (including phenoxy) is 1. The summed E-state index contributed by atoms with van der Waals surface area (Å²) < 4.78 is 5.89. The van der Waals surface area contributed by atoms with E-state index in [0.29, 0.717) is 0 Å². The standard InChI is InChI=1S/C22H38N2O/c1-3-23(4-2)20-21-12-14-22(15-13-21)25-19-11-6-5-8-16-24-17-9-7-10-18-24/h12-15H,3-11,16-20H2,1-2H3. The molecule has 1 aliphatic heterocycles. The maximum atomic E-state index is 5.89. The van der Waals surface area contributed by atoms with Gasteiger partial charge in [0.05, 0.1) is 6.61 Å². The Morgan fingerprint density at radius 2 is 1.56 bits per heavy atom. The fourth-order valence-electron chi connectivity index (χ4n) is 3.56. The van der Waals surface area contributed by atoms with Crippen LogP contribution in [0.2, 0.25) is 0 Å². The van der Waals surface area contributed by atoms with Crippen LogP contribution in [0.25, 0.3) is 0 Å². The SMILES string of the molecule is CCN(CC)Cc1ccc(OCCCCCCN2CCCCC2)cc1. The van der Waals surface area contributed by atoms with Gasteiger partial charge < -0.3 is 9.64 Å². The van der Waals surface area contributed by atoms with E-state index in [1.807, 2.05) is 0 Å². The molecule has 0 bridgehead atoms. The molecule has 0 unspecified atom stereocenters. The summed E-state index contributed by atoms with van der Waals surface area (Å²) in [4.78, 5) is 5.07. The molecule has 0 aromatic heterocycles. The molecule has 1 aromatic rings. The zero-order valence-corrected chi connectivity index (χ0v) is 16.5. The molecular weight excluding hydrogens is 308 g/mol. The first-order valence-corrected chi connectivity index (χ1v) is 10.5. The van der Waals surface area contributed by atoms with Gasteiger partial charge in [-0.15, -0.1) is 0 Å². The normalized spacial score (nSPS) is 15.6. The molecule has 1 saturated heterocycles. The Kier molecular flexibility index (Phi) is 9.98. The van der Waals surface area contributed by atoms with Gasteiger partial charge in [0.15, 0.2) is 0 Å². The molecule has 3 heteroatoms. The van der Waals surface area contributed by atoms with E-state index in [1.165, 1.54) is 70.1 Å². The number of unbranched alkanes of at least 4 members (excludes halogenated alkanes) is 3. The quantitative estimate of drug-likeness (QED) is 0.498. The smallest absolute Gasteiger partial charge is 0.119 e. The van der Waals surface area contributed by atoms with Gasteiger partial charge in [0.1, 0.15) is 5.75 Å². The van der Waals surface area contributed by atoms with E-state index in [1.54, 1.807) is 0 Å². The highest BCUT2D eigenvalue weighted by molar-refractivity contribution is 5.27. The van der Waals surface area contributed by atoms with Crippen molar-refractivity contribution in [3.63, 3.8) is 0 Å².